The van der Waals surface area contributed by atoms with E-state index in [4.69, 9.17) is 22.1 Å². The van der Waals surface area contributed by atoms with Crippen LogP contribution in [-0.4, -0.2) is 23.2 Å². The third kappa shape index (κ3) is 4.68. The van der Waals surface area contributed by atoms with Gasteiger partial charge in [-0.3, -0.25) is 0 Å². The van der Waals surface area contributed by atoms with E-state index in [1.165, 1.54) is 0 Å². The number of anilines is 1. The molecule has 0 spiro atoms. The van der Waals surface area contributed by atoms with E-state index in [0.717, 1.165) is 41.1 Å². The monoisotopic (exact) mass is 393 g/mol. The predicted octanol–water partition coefficient (Wildman–Crippen LogP) is 5.21. The first-order chi connectivity index (χ1) is 12.4. The number of hydrogen-bond donors (Lipinski definition) is 2. The second kappa shape index (κ2) is 8.27. The number of halogens is 1. The van der Waals surface area contributed by atoms with Crippen molar-refractivity contribution in [2.75, 3.05) is 5.73 Å². The van der Waals surface area contributed by atoms with Crippen LogP contribution in [0.4, 0.5) is 10.5 Å². The molecular weight excluding hydrogens is 370 g/mol. The van der Waals surface area contributed by atoms with Gasteiger partial charge in [-0.15, -0.1) is 11.3 Å². The number of aromatic nitrogens is 1. The minimum Gasteiger partial charge on any atom is -0.447 e. The summed E-state index contributed by atoms with van der Waals surface area (Å²) in [6.45, 7) is 3.70. The summed E-state index contributed by atoms with van der Waals surface area (Å²) < 4.78 is 5.15. The lowest BCUT2D eigenvalue weighted by molar-refractivity contribution is 0.109. The Hall–Kier alpha value is -1.79. The molecular formula is C19H24ClN3O2S. The number of nitrogen functional groups attached to an aromatic ring is 1. The molecule has 1 aliphatic carbocycles. The highest BCUT2D eigenvalue weighted by molar-refractivity contribution is 7.15. The van der Waals surface area contributed by atoms with Crippen molar-refractivity contribution in [3.05, 3.63) is 34.4 Å². The average Bonchev–Trinajstić information content (AvgIpc) is 3.04. The van der Waals surface area contributed by atoms with E-state index in [-0.39, 0.29) is 18.2 Å². The number of amides is 1. The first kappa shape index (κ1) is 19.0. The Morgan fingerprint density at radius 3 is 2.73 bits per heavy atom. The van der Waals surface area contributed by atoms with E-state index < -0.39 is 0 Å². The van der Waals surface area contributed by atoms with Crippen molar-refractivity contribution in [2.24, 2.45) is 0 Å². The van der Waals surface area contributed by atoms with Gasteiger partial charge in [0.15, 0.2) is 0 Å². The van der Waals surface area contributed by atoms with Crippen LogP contribution < -0.4 is 11.1 Å². The van der Waals surface area contributed by atoms with Crippen LogP contribution in [0.25, 0.3) is 10.4 Å². The molecule has 140 valence electrons. The largest absolute Gasteiger partial charge is 0.447 e. The van der Waals surface area contributed by atoms with E-state index in [1.807, 2.05) is 32.2 Å². The number of benzene rings is 1. The molecule has 1 heterocycles. The van der Waals surface area contributed by atoms with Crippen molar-refractivity contribution in [1.29, 1.82) is 0 Å². The molecule has 0 bridgehead atoms. The van der Waals surface area contributed by atoms with Gasteiger partial charge in [0.05, 0.1) is 21.0 Å². The molecule has 0 saturated heterocycles. The summed E-state index contributed by atoms with van der Waals surface area (Å²) in [7, 11) is 0. The molecule has 26 heavy (non-hydrogen) atoms. The number of alkyl carbamates (subject to hydrolysis) is 1. The fraction of sp³-hybridized carbons (Fsp3) is 0.474. The van der Waals surface area contributed by atoms with Gasteiger partial charge >= 0.3 is 6.09 Å². The van der Waals surface area contributed by atoms with Crippen molar-refractivity contribution in [3.63, 3.8) is 0 Å². The molecule has 3 rings (SSSR count). The molecule has 0 aliphatic heterocycles. The number of thiazole rings is 1. The molecule has 7 heteroatoms. The predicted molar refractivity (Wildman–Crippen MR) is 107 cm³/mol. The average molecular weight is 394 g/mol. The number of carbonyl (C=O) groups is 1. The fourth-order valence-electron chi connectivity index (χ4n) is 3.23. The highest BCUT2D eigenvalue weighted by atomic mass is 35.5. The maximum absolute atomic E-state index is 11.7. The molecule has 0 unspecified atom stereocenters. The van der Waals surface area contributed by atoms with Gasteiger partial charge in [0.25, 0.3) is 0 Å². The zero-order chi connectivity index (χ0) is 18.7. The number of carbonyl (C=O) groups excluding carboxylic acids is 1. The van der Waals surface area contributed by atoms with Crippen LogP contribution in [0.1, 0.15) is 50.5 Å². The first-order valence-electron chi connectivity index (χ1n) is 8.90. The minimum absolute atomic E-state index is 0.0970. The molecule has 0 radical (unpaired) electrons. The second-order valence-corrected chi connectivity index (χ2v) is 8.42. The van der Waals surface area contributed by atoms with Crippen LogP contribution in [0.3, 0.4) is 0 Å². The number of rotatable bonds is 4. The fourth-order valence-corrected chi connectivity index (χ4v) is 4.70. The lowest BCUT2D eigenvalue weighted by Gasteiger charge is -2.28. The molecule has 5 nitrogen and oxygen atoms in total. The van der Waals surface area contributed by atoms with Gasteiger partial charge in [-0.1, -0.05) is 11.6 Å². The molecule has 1 aromatic carbocycles. The summed E-state index contributed by atoms with van der Waals surface area (Å²) in [5, 5.41) is 4.74. The Morgan fingerprint density at radius 2 is 2.08 bits per heavy atom. The SMILES string of the molecule is CC(C)OC(=O)N[C@H]1CC[C@H](c2ncc(-c3ccc(N)cc3Cl)s2)CC1. The Bertz CT molecular complexity index is 770. The summed E-state index contributed by atoms with van der Waals surface area (Å²) in [4.78, 5) is 17.4. The molecule has 1 amide bonds. The quantitative estimate of drug-likeness (QED) is 0.699. The lowest BCUT2D eigenvalue weighted by atomic mass is 9.86. The van der Waals surface area contributed by atoms with Crippen molar-refractivity contribution in [1.82, 2.24) is 10.3 Å². The van der Waals surface area contributed by atoms with Gasteiger partial charge in [-0.05, 0) is 57.7 Å². The Labute approximate surface area is 162 Å². The van der Waals surface area contributed by atoms with Gasteiger partial charge in [-0.2, -0.15) is 0 Å². The molecule has 1 fully saturated rings. The van der Waals surface area contributed by atoms with Gasteiger partial charge in [0, 0.05) is 29.4 Å². The van der Waals surface area contributed by atoms with Gasteiger partial charge in [-0.25, -0.2) is 9.78 Å². The second-order valence-electron chi connectivity index (χ2n) is 6.95. The summed E-state index contributed by atoms with van der Waals surface area (Å²) in [5.74, 6) is 0.431. The number of ether oxygens (including phenoxy) is 1. The van der Waals surface area contributed by atoms with Gasteiger partial charge in [0.1, 0.15) is 0 Å². The van der Waals surface area contributed by atoms with Crippen molar-refractivity contribution in [3.8, 4) is 10.4 Å². The minimum atomic E-state index is -0.321. The summed E-state index contributed by atoms with van der Waals surface area (Å²) in [6.07, 6.45) is 5.37. The highest BCUT2D eigenvalue weighted by Crippen LogP contribution is 2.39. The van der Waals surface area contributed by atoms with Crippen LogP contribution in [-0.2, 0) is 4.74 Å². The molecule has 1 saturated carbocycles. The van der Waals surface area contributed by atoms with E-state index in [1.54, 1.807) is 17.4 Å². The summed E-state index contributed by atoms with van der Waals surface area (Å²) in [5.41, 5.74) is 7.39. The number of hydrogen-bond acceptors (Lipinski definition) is 5. The Morgan fingerprint density at radius 1 is 1.35 bits per heavy atom. The van der Waals surface area contributed by atoms with E-state index >= 15 is 0 Å². The van der Waals surface area contributed by atoms with Gasteiger partial charge in [0.2, 0.25) is 0 Å². The zero-order valence-electron chi connectivity index (χ0n) is 15.0. The Kier molecular flexibility index (Phi) is 6.04. The van der Waals surface area contributed by atoms with Crippen LogP contribution in [0.5, 0.6) is 0 Å². The molecule has 0 atom stereocenters. The van der Waals surface area contributed by atoms with E-state index in [2.05, 4.69) is 10.3 Å². The lowest BCUT2D eigenvalue weighted by Crippen LogP contribution is -2.38. The highest BCUT2D eigenvalue weighted by Gasteiger charge is 2.26. The van der Waals surface area contributed by atoms with Crippen molar-refractivity contribution < 1.29 is 9.53 Å². The van der Waals surface area contributed by atoms with Gasteiger partial charge < -0.3 is 15.8 Å². The number of nitrogens with zero attached hydrogens (tertiary/aromatic N) is 1. The summed E-state index contributed by atoms with van der Waals surface area (Å²) in [6, 6.07) is 5.75. The maximum atomic E-state index is 11.7. The number of nitrogens with two attached hydrogens (primary N) is 1. The normalized spacial score (nSPS) is 20.2. The van der Waals surface area contributed by atoms with E-state index in [0.29, 0.717) is 16.6 Å². The molecule has 3 N–H and O–H groups in total. The Balaban J connectivity index is 1.59. The van der Waals surface area contributed by atoms with Crippen molar-refractivity contribution >= 4 is 34.7 Å². The van der Waals surface area contributed by atoms with Crippen LogP contribution in [0, 0.1) is 0 Å². The smallest absolute Gasteiger partial charge is 0.407 e. The molecule has 1 aliphatic rings. The zero-order valence-corrected chi connectivity index (χ0v) is 16.6. The van der Waals surface area contributed by atoms with Crippen molar-refractivity contribution in [2.45, 2.75) is 57.6 Å². The molecule has 1 aromatic heterocycles. The van der Waals surface area contributed by atoms with Crippen LogP contribution in [0.15, 0.2) is 24.4 Å². The number of nitrogens with one attached hydrogen (secondary N) is 1. The maximum Gasteiger partial charge on any atom is 0.407 e. The summed E-state index contributed by atoms with van der Waals surface area (Å²) >= 11 is 8.00. The van der Waals surface area contributed by atoms with Crippen LogP contribution >= 0.6 is 22.9 Å². The first-order valence-corrected chi connectivity index (χ1v) is 10.1. The topological polar surface area (TPSA) is 77.2 Å². The van der Waals surface area contributed by atoms with Crippen LogP contribution in [0.2, 0.25) is 5.02 Å². The molecule has 2 aromatic rings. The third-order valence-electron chi connectivity index (χ3n) is 4.52. The standard InChI is InChI=1S/C19H24ClN3O2S/c1-11(2)25-19(24)23-14-6-3-12(4-7-14)18-22-10-17(26-18)15-8-5-13(21)9-16(15)20/h5,8-12,14H,3-4,6-7,21H2,1-2H3,(H,23,24)/t12-,14-. The third-order valence-corrected chi connectivity index (χ3v) is 6.03. The van der Waals surface area contributed by atoms with E-state index in [9.17, 15) is 4.79 Å².